The van der Waals surface area contributed by atoms with E-state index >= 15 is 0 Å². The van der Waals surface area contributed by atoms with Gasteiger partial charge in [-0.1, -0.05) is 51.8 Å². The van der Waals surface area contributed by atoms with E-state index in [4.69, 9.17) is 0 Å². The maximum absolute atomic E-state index is 2.25. The molecule has 1 unspecified atom stereocenters. The van der Waals surface area contributed by atoms with Crippen LogP contribution in [0.5, 0.6) is 0 Å². The van der Waals surface area contributed by atoms with E-state index in [0.717, 1.165) is 8.58 Å². The average molecular weight is 261 g/mol. The third-order valence-corrected chi connectivity index (χ3v) is 3.26. The van der Waals surface area contributed by atoms with Gasteiger partial charge in [-0.3, -0.25) is 0 Å². The van der Waals surface area contributed by atoms with Gasteiger partial charge in [-0.2, -0.15) is 0 Å². The van der Waals surface area contributed by atoms with Gasteiger partial charge in [-0.25, -0.2) is 0 Å². The first-order chi connectivity index (χ1) is 5.83. The number of unbranched alkanes of at least 4 members (excludes halogenated alkanes) is 1. The Balaban J connectivity index is 0.00000144. The van der Waals surface area contributed by atoms with E-state index < -0.39 is 0 Å². The van der Waals surface area contributed by atoms with Crippen LogP contribution in [0.1, 0.15) is 25.3 Å². The molecule has 0 N–H and O–H groups in total. The van der Waals surface area contributed by atoms with Gasteiger partial charge in [0.25, 0.3) is 0 Å². The topological polar surface area (TPSA) is 0 Å². The van der Waals surface area contributed by atoms with Crippen molar-refractivity contribution in [3.63, 3.8) is 0 Å². The van der Waals surface area contributed by atoms with Crippen LogP contribution < -0.4 is 5.30 Å². The smallest absolute Gasteiger partial charge is 0.0271 e. The number of halogens is 1. The third kappa shape index (κ3) is 5.44. The molecule has 0 bridgehead atoms. The Hall–Kier alpha value is 0.130. The van der Waals surface area contributed by atoms with Crippen LogP contribution in [0.2, 0.25) is 0 Å². The van der Waals surface area contributed by atoms with Crippen molar-refractivity contribution in [3.8, 4) is 0 Å². The van der Waals surface area contributed by atoms with E-state index in [1.807, 2.05) is 0 Å². The Morgan fingerprint density at radius 3 is 2.31 bits per heavy atom. The standard InChI is InChI=1S/C11H17P.BrH/c1-3-4-9-12-11-7-5-10(2)6-8-11;/h5-8,12H,3-4,9H2,1-2H3;1H. The number of rotatable bonds is 4. The van der Waals surface area contributed by atoms with Gasteiger partial charge >= 0.3 is 0 Å². The van der Waals surface area contributed by atoms with Crippen molar-refractivity contribution in [3.05, 3.63) is 29.8 Å². The van der Waals surface area contributed by atoms with Crippen LogP contribution in [-0.2, 0) is 0 Å². The average Bonchev–Trinajstić information content (AvgIpc) is 2.09. The van der Waals surface area contributed by atoms with Gasteiger partial charge in [0, 0.05) is 0 Å². The maximum atomic E-state index is 2.25. The summed E-state index contributed by atoms with van der Waals surface area (Å²) in [6.07, 6.45) is 4.05. The van der Waals surface area contributed by atoms with Crippen LogP contribution in [0.3, 0.4) is 0 Å². The zero-order chi connectivity index (χ0) is 8.81. The second kappa shape index (κ2) is 7.53. The molecule has 0 spiro atoms. The Labute approximate surface area is 93.7 Å². The fourth-order valence-electron chi connectivity index (χ4n) is 1.08. The van der Waals surface area contributed by atoms with Crippen molar-refractivity contribution in [1.29, 1.82) is 0 Å². The summed E-state index contributed by atoms with van der Waals surface area (Å²) in [6.45, 7) is 4.39. The summed E-state index contributed by atoms with van der Waals surface area (Å²) in [5, 5.41) is 1.51. The summed E-state index contributed by atoms with van der Waals surface area (Å²) in [4.78, 5) is 0. The molecule has 0 aliphatic rings. The van der Waals surface area contributed by atoms with Crippen LogP contribution >= 0.6 is 25.6 Å². The maximum Gasteiger partial charge on any atom is -0.0271 e. The minimum absolute atomic E-state index is 0. The lowest BCUT2D eigenvalue weighted by Crippen LogP contribution is -1.94. The van der Waals surface area contributed by atoms with Gasteiger partial charge in [-0.05, 0) is 24.8 Å². The summed E-state index contributed by atoms with van der Waals surface area (Å²) in [6, 6.07) is 8.91. The Bertz CT molecular complexity index is 218. The summed E-state index contributed by atoms with van der Waals surface area (Å²) in [7, 11) is 1.01. The molecule has 1 rings (SSSR count). The number of hydrogen-bond acceptors (Lipinski definition) is 0. The molecule has 74 valence electrons. The minimum Gasteiger partial charge on any atom is -0.114 e. The molecule has 0 heterocycles. The molecule has 0 aliphatic carbocycles. The molecule has 1 aromatic rings. The molecule has 0 aliphatic heterocycles. The predicted octanol–water partition coefficient (Wildman–Crippen LogP) is 3.68. The first kappa shape index (κ1) is 13.1. The van der Waals surface area contributed by atoms with Gasteiger partial charge in [-0.15, -0.1) is 17.0 Å². The molecule has 0 amide bonds. The molecular weight excluding hydrogens is 243 g/mol. The van der Waals surface area contributed by atoms with Crippen LogP contribution in [-0.4, -0.2) is 6.16 Å². The van der Waals surface area contributed by atoms with E-state index in [1.165, 1.54) is 29.9 Å². The Morgan fingerprint density at radius 1 is 1.15 bits per heavy atom. The van der Waals surface area contributed by atoms with Gasteiger partial charge in [0.05, 0.1) is 0 Å². The van der Waals surface area contributed by atoms with E-state index in [2.05, 4.69) is 38.1 Å². The molecule has 1 atom stereocenters. The van der Waals surface area contributed by atoms with Gasteiger partial charge < -0.3 is 0 Å². The van der Waals surface area contributed by atoms with Crippen molar-refractivity contribution in [2.75, 3.05) is 6.16 Å². The van der Waals surface area contributed by atoms with E-state index in [1.54, 1.807) is 0 Å². The zero-order valence-corrected chi connectivity index (χ0v) is 11.1. The van der Waals surface area contributed by atoms with Crippen molar-refractivity contribution in [2.24, 2.45) is 0 Å². The number of hydrogen-bond donors (Lipinski definition) is 0. The van der Waals surface area contributed by atoms with Crippen LogP contribution in [0, 0.1) is 6.92 Å². The second-order valence-corrected chi connectivity index (χ2v) is 4.58. The van der Waals surface area contributed by atoms with Crippen LogP contribution in [0.4, 0.5) is 0 Å². The highest BCUT2D eigenvalue weighted by atomic mass is 79.9. The molecule has 2 heteroatoms. The molecule has 0 radical (unpaired) electrons. The lowest BCUT2D eigenvalue weighted by molar-refractivity contribution is 0.895. The third-order valence-electron chi connectivity index (χ3n) is 1.91. The molecule has 0 saturated heterocycles. The quantitative estimate of drug-likeness (QED) is 0.573. The highest BCUT2D eigenvalue weighted by Gasteiger charge is 1.91. The fourth-order valence-corrected chi connectivity index (χ4v) is 2.30. The SMILES string of the molecule is Br.CCCCPc1ccc(C)cc1. The molecular formula is C11H18BrP. The molecule has 0 nitrogen and oxygen atoms in total. The van der Waals surface area contributed by atoms with Gasteiger partial charge in [0.1, 0.15) is 0 Å². The van der Waals surface area contributed by atoms with E-state index in [0.29, 0.717) is 0 Å². The second-order valence-electron chi connectivity index (χ2n) is 3.15. The summed E-state index contributed by atoms with van der Waals surface area (Å²) < 4.78 is 0. The molecule has 1 aromatic carbocycles. The monoisotopic (exact) mass is 260 g/mol. The lowest BCUT2D eigenvalue weighted by atomic mass is 10.2. The first-order valence-corrected chi connectivity index (χ1v) is 5.84. The molecule has 13 heavy (non-hydrogen) atoms. The molecule has 0 aromatic heterocycles. The Kier molecular flexibility index (Phi) is 7.60. The number of benzene rings is 1. The van der Waals surface area contributed by atoms with Crippen molar-refractivity contribution in [1.82, 2.24) is 0 Å². The summed E-state index contributed by atoms with van der Waals surface area (Å²) >= 11 is 0. The molecule has 0 fully saturated rings. The minimum atomic E-state index is 0. The largest absolute Gasteiger partial charge is 0.114 e. The Morgan fingerprint density at radius 2 is 1.77 bits per heavy atom. The van der Waals surface area contributed by atoms with Crippen molar-refractivity contribution < 1.29 is 0 Å². The zero-order valence-electron chi connectivity index (χ0n) is 8.34. The lowest BCUT2D eigenvalue weighted by Gasteiger charge is -2.00. The summed E-state index contributed by atoms with van der Waals surface area (Å²) in [5.41, 5.74) is 1.36. The fraction of sp³-hybridized carbons (Fsp3) is 0.455. The van der Waals surface area contributed by atoms with Crippen molar-refractivity contribution in [2.45, 2.75) is 26.7 Å². The van der Waals surface area contributed by atoms with Gasteiger partial charge in [0.15, 0.2) is 0 Å². The van der Waals surface area contributed by atoms with Crippen LogP contribution in [0.15, 0.2) is 24.3 Å². The normalized spacial score (nSPS) is 10.3. The number of aryl methyl sites for hydroxylation is 1. The summed E-state index contributed by atoms with van der Waals surface area (Å²) in [5.74, 6) is 0. The van der Waals surface area contributed by atoms with Crippen LogP contribution in [0.25, 0.3) is 0 Å². The van der Waals surface area contributed by atoms with E-state index in [-0.39, 0.29) is 17.0 Å². The molecule has 0 saturated carbocycles. The van der Waals surface area contributed by atoms with Crippen molar-refractivity contribution >= 4 is 30.9 Å². The predicted molar refractivity (Wildman–Crippen MR) is 69.2 cm³/mol. The van der Waals surface area contributed by atoms with E-state index in [9.17, 15) is 0 Å². The highest BCUT2D eigenvalue weighted by Crippen LogP contribution is 2.12. The van der Waals surface area contributed by atoms with Gasteiger partial charge in [0.2, 0.25) is 0 Å². The highest BCUT2D eigenvalue weighted by molar-refractivity contribution is 8.93. The first-order valence-electron chi connectivity index (χ1n) is 4.63.